The molecule has 0 saturated heterocycles. The Morgan fingerprint density at radius 2 is 1.90 bits per heavy atom. The Labute approximate surface area is 175 Å². The molecule has 0 aliphatic carbocycles. The standard InChI is InChI=1S/C22H38N6O/c1-8-27(16-20(29)17-28(7,9-2)10-3)19-11-12-21(18(4)15-19)23-24-22-25(5)13-14-26(22)6/h11-15,20,29H,8-10,16-17H2,1-7H3/q+2. The zero-order valence-electron chi connectivity index (χ0n) is 19.1. The third-order valence-electron chi connectivity index (χ3n) is 5.93. The highest BCUT2D eigenvalue weighted by atomic mass is 16.3. The van der Waals surface area contributed by atoms with Gasteiger partial charge in [-0.25, -0.2) is 9.13 Å². The van der Waals surface area contributed by atoms with E-state index in [2.05, 4.69) is 62.0 Å². The van der Waals surface area contributed by atoms with Gasteiger partial charge in [0, 0.05) is 23.9 Å². The minimum atomic E-state index is -0.364. The zero-order chi connectivity index (χ0) is 21.6. The van der Waals surface area contributed by atoms with Gasteiger partial charge in [0.2, 0.25) is 0 Å². The first kappa shape index (κ1) is 23.0. The van der Waals surface area contributed by atoms with Crippen molar-refractivity contribution in [2.45, 2.75) is 33.8 Å². The number of benzene rings is 1. The molecule has 0 amide bonds. The minimum Gasteiger partial charge on any atom is -0.385 e. The average Bonchev–Trinajstić information content (AvgIpc) is 3.02. The summed E-state index contributed by atoms with van der Waals surface area (Å²) in [5.41, 5.74) is 3.03. The largest absolute Gasteiger partial charge is 0.421 e. The molecule has 0 saturated carbocycles. The number of rotatable bonds is 10. The summed E-state index contributed by atoms with van der Waals surface area (Å²) in [6.07, 6.45) is 3.54. The molecule has 2 aromatic rings. The van der Waals surface area contributed by atoms with Crippen molar-refractivity contribution >= 4 is 17.3 Å². The van der Waals surface area contributed by atoms with Crippen molar-refractivity contribution in [1.29, 1.82) is 0 Å². The Bertz CT molecular complexity index is 805. The number of azo groups is 1. The highest BCUT2D eigenvalue weighted by Crippen LogP contribution is 2.26. The molecule has 0 aliphatic rings. The molecular formula is C22H38N6O+2. The fourth-order valence-electron chi connectivity index (χ4n) is 3.49. The number of nitrogens with zero attached hydrogens (tertiary/aromatic N) is 6. The number of likely N-dealkylation sites (N-methyl/N-ethyl adjacent to an activating group) is 2. The van der Waals surface area contributed by atoms with Crippen LogP contribution in [0.5, 0.6) is 0 Å². The van der Waals surface area contributed by atoms with Gasteiger partial charge in [0.1, 0.15) is 18.3 Å². The van der Waals surface area contributed by atoms with Crippen LogP contribution in [0.4, 0.5) is 17.3 Å². The van der Waals surface area contributed by atoms with Crippen molar-refractivity contribution < 1.29 is 14.2 Å². The molecule has 1 aromatic carbocycles. The molecule has 0 spiro atoms. The van der Waals surface area contributed by atoms with Gasteiger partial charge in [-0.05, 0) is 51.5 Å². The second-order valence-corrected chi connectivity index (χ2v) is 8.12. The van der Waals surface area contributed by atoms with Gasteiger partial charge >= 0.3 is 5.95 Å². The Morgan fingerprint density at radius 3 is 2.41 bits per heavy atom. The topological polar surface area (TPSA) is 57.0 Å². The van der Waals surface area contributed by atoms with Crippen molar-refractivity contribution in [2.75, 3.05) is 44.7 Å². The fourth-order valence-corrected chi connectivity index (χ4v) is 3.49. The lowest BCUT2D eigenvalue weighted by molar-refractivity contribution is -0.908. The average molecular weight is 403 g/mol. The first-order valence-electron chi connectivity index (χ1n) is 10.5. The maximum atomic E-state index is 10.7. The van der Waals surface area contributed by atoms with E-state index in [4.69, 9.17) is 0 Å². The van der Waals surface area contributed by atoms with Gasteiger partial charge in [-0.15, -0.1) is 0 Å². The van der Waals surface area contributed by atoms with E-state index in [1.54, 1.807) is 0 Å². The lowest BCUT2D eigenvalue weighted by Crippen LogP contribution is -2.51. The van der Waals surface area contributed by atoms with Gasteiger partial charge in [0.05, 0.1) is 46.6 Å². The lowest BCUT2D eigenvalue weighted by Gasteiger charge is -2.35. The van der Waals surface area contributed by atoms with E-state index in [1.807, 2.05) is 41.7 Å². The molecule has 0 fully saturated rings. The van der Waals surface area contributed by atoms with Crippen molar-refractivity contribution in [3.63, 3.8) is 0 Å². The summed E-state index contributed by atoms with van der Waals surface area (Å²) < 4.78 is 4.76. The van der Waals surface area contributed by atoms with Crippen LogP contribution in [-0.2, 0) is 14.1 Å². The maximum absolute atomic E-state index is 10.7. The molecule has 1 aromatic heterocycles. The molecule has 7 nitrogen and oxygen atoms in total. The van der Waals surface area contributed by atoms with E-state index in [0.29, 0.717) is 6.54 Å². The smallest absolute Gasteiger partial charge is 0.385 e. The van der Waals surface area contributed by atoms with E-state index in [0.717, 1.165) is 53.5 Å². The number of hydrogen-bond acceptors (Lipinski definition) is 4. The number of aliphatic hydroxyl groups is 1. The molecular weight excluding hydrogens is 364 g/mol. The number of hydrogen-bond donors (Lipinski definition) is 1. The second-order valence-electron chi connectivity index (χ2n) is 8.12. The highest BCUT2D eigenvalue weighted by molar-refractivity contribution is 5.57. The molecule has 29 heavy (non-hydrogen) atoms. The van der Waals surface area contributed by atoms with Crippen LogP contribution >= 0.6 is 0 Å². The van der Waals surface area contributed by atoms with E-state index in [-0.39, 0.29) is 6.10 Å². The Balaban J connectivity index is 2.12. The van der Waals surface area contributed by atoms with E-state index < -0.39 is 0 Å². The molecule has 1 atom stereocenters. The molecule has 1 N–H and O–H groups in total. The van der Waals surface area contributed by atoms with Crippen LogP contribution in [0.3, 0.4) is 0 Å². The van der Waals surface area contributed by atoms with Gasteiger partial charge in [0.25, 0.3) is 0 Å². The molecule has 0 radical (unpaired) electrons. The number of imidazole rings is 1. The first-order chi connectivity index (χ1) is 13.7. The highest BCUT2D eigenvalue weighted by Gasteiger charge is 2.23. The van der Waals surface area contributed by atoms with Crippen LogP contribution in [0.1, 0.15) is 26.3 Å². The summed E-state index contributed by atoms with van der Waals surface area (Å²) in [4.78, 5) is 2.23. The van der Waals surface area contributed by atoms with Crippen LogP contribution in [0.2, 0.25) is 0 Å². The summed E-state index contributed by atoms with van der Waals surface area (Å²) in [5.74, 6) is 0.791. The summed E-state index contributed by atoms with van der Waals surface area (Å²) in [6.45, 7) is 12.8. The first-order valence-corrected chi connectivity index (χ1v) is 10.5. The van der Waals surface area contributed by atoms with Gasteiger partial charge in [0.15, 0.2) is 0 Å². The van der Waals surface area contributed by atoms with E-state index in [1.165, 1.54) is 0 Å². The van der Waals surface area contributed by atoms with Crippen molar-refractivity contribution in [3.05, 3.63) is 36.2 Å². The summed E-state index contributed by atoms with van der Waals surface area (Å²) in [7, 11) is 6.11. The van der Waals surface area contributed by atoms with Crippen LogP contribution in [-0.4, -0.2) is 60.0 Å². The SMILES string of the molecule is CCN(CC(O)C[N+](C)(CC)CC)c1ccc(N=Nc2n(C)cc[n+]2C)c(C)c1. The number of aliphatic hydroxyl groups excluding tert-OH is 1. The molecule has 0 bridgehead atoms. The van der Waals surface area contributed by atoms with Gasteiger partial charge in [-0.3, -0.25) is 0 Å². The minimum absolute atomic E-state index is 0.364. The molecule has 1 heterocycles. The Kier molecular flexibility index (Phi) is 7.93. The van der Waals surface area contributed by atoms with Crippen LogP contribution in [0.15, 0.2) is 40.8 Å². The molecule has 1 unspecified atom stereocenters. The Hall–Kier alpha value is -2.25. The summed E-state index contributed by atoms with van der Waals surface area (Å²) >= 11 is 0. The number of aromatic nitrogens is 2. The fraction of sp³-hybridized carbons (Fsp3) is 0.591. The third kappa shape index (κ3) is 5.87. The van der Waals surface area contributed by atoms with Gasteiger partial charge in [-0.2, -0.15) is 0 Å². The monoisotopic (exact) mass is 402 g/mol. The number of aryl methyl sites for hydroxylation is 3. The van der Waals surface area contributed by atoms with Gasteiger partial charge < -0.3 is 14.5 Å². The molecule has 160 valence electrons. The molecule has 2 rings (SSSR count). The van der Waals surface area contributed by atoms with Crippen molar-refractivity contribution in [1.82, 2.24) is 4.57 Å². The summed E-state index contributed by atoms with van der Waals surface area (Å²) in [6, 6.07) is 6.20. The second kappa shape index (κ2) is 9.98. The van der Waals surface area contributed by atoms with Crippen LogP contribution in [0.25, 0.3) is 0 Å². The lowest BCUT2D eigenvalue weighted by atomic mass is 10.1. The quantitative estimate of drug-likeness (QED) is 0.377. The van der Waals surface area contributed by atoms with E-state index >= 15 is 0 Å². The third-order valence-corrected chi connectivity index (χ3v) is 5.93. The predicted molar refractivity (Wildman–Crippen MR) is 118 cm³/mol. The Morgan fingerprint density at radius 1 is 1.21 bits per heavy atom. The maximum Gasteiger partial charge on any atom is 0.421 e. The van der Waals surface area contributed by atoms with Crippen molar-refractivity contribution in [3.8, 4) is 0 Å². The van der Waals surface area contributed by atoms with Crippen LogP contribution in [0, 0.1) is 6.92 Å². The zero-order valence-corrected chi connectivity index (χ0v) is 19.1. The molecule has 7 heteroatoms. The number of quaternary nitrogens is 1. The summed E-state index contributed by atoms with van der Waals surface area (Å²) in [5, 5.41) is 19.5. The molecule has 0 aliphatic heterocycles. The van der Waals surface area contributed by atoms with E-state index in [9.17, 15) is 5.11 Å². The van der Waals surface area contributed by atoms with Crippen molar-refractivity contribution in [2.24, 2.45) is 24.3 Å². The van der Waals surface area contributed by atoms with Gasteiger partial charge in [-0.1, -0.05) is 5.11 Å². The van der Waals surface area contributed by atoms with Crippen LogP contribution < -0.4 is 9.47 Å². The number of anilines is 1. The predicted octanol–water partition coefficient (Wildman–Crippen LogP) is 3.25. The normalized spacial score (nSPS) is 13.2.